The number of hydrogen-bond acceptors (Lipinski definition) is 1. The molecular formula is C10H13O. The fourth-order valence-corrected chi connectivity index (χ4v) is 1.06. The number of rotatable bonds is 2. The van der Waals surface area contributed by atoms with Gasteiger partial charge in [0.25, 0.3) is 0 Å². The van der Waals surface area contributed by atoms with Crippen molar-refractivity contribution in [3.05, 3.63) is 36.2 Å². The van der Waals surface area contributed by atoms with Gasteiger partial charge >= 0.3 is 0 Å². The maximum Gasteiger partial charge on any atom is 0.125 e. The van der Waals surface area contributed by atoms with E-state index in [1.54, 1.807) is 0 Å². The van der Waals surface area contributed by atoms with E-state index in [0.29, 0.717) is 6.61 Å². The number of hydrogen-bond donors (Lipinski definition) is 0. The van der Waals surface area contributed by atoms with E-state index in [9.17, 15) is 0 Å². The molecule has 1 heteroatoms. The fourth-order valence-electron chi connectivity index (χ4n) is 1.06. The second-order valence-corrected chi connectivity index (χ2v) is 2.50. The number of aryl methyl sites for hydroxylation is 1. The van der Waals surface area contributed by atoms with Gasteiger partial charge in [0.1, 0.15) is 5.75 Å². The van der Waals surface area contributed by atoms with Gasteiger partial charge in [0, 0.05) is 0 Å². The van der Waals surface area contributed by atoms with Crippen molar-refractivity contribution in [1.29, 1.82) is 0 Å². The quantitative estimate of drug-likeness (QED) is 0.628. The highest BCUT2D eigenvalue weighted by Gasteiger charge is 2.00. The van der Waals surface area contributed by atoms with Gasteiger partial charge in [0.15, 0.2) is 0 Å². The van der Waals surface area contributed by atoms with Crippen molar-refractivity contribution < 1.29 is 4.74 Å². The molecule has 0 atom stereocenters. The van der Waals surface area contributed by atoms with Gasteiger partial charge < -0.3 is 4.74 Å². The molecule has 0 heterocycles. The summed E-state index contributed by atoms with van der Waals surface area (Å²) in [5.74, 6) is 0.926. The van der Waals surface area contributed by atoms with Gasteiger partial charge in [0.2, 0.25) is 0 Å². The van der Waals surface area contributed by atoms with E-state index in [0.717, 1.165) is 16.9 Å². The van der Waals surface area contributed by atoms with E-state index >= 15 is 0 Å². The van der Waals surface area contributed by atoms with Crippen LogP contribution in [0.4, 0.5) is 0 Å². The molecular weight excluding hydrogens is 136 g/mol. The van der Waals surface area contributed by atoms with E-state index in [2.05, 4.69) is 6.92 Å². The lowest BCUT2D eigenvalue weighted by Gasteiger charge is -2.08. The minimum atomic E-state index is 0.702. The van der Waals surface area contributed by atoms with Crippen molar-refractivity contribution in [2.75, 3.05) is 6.61 Å². The third kappa shape index (κ3) is 1.73. The van der Waals surface area contributed by atoms with Crippen LogP contribution in [-0.2, 0) is 0 Å². The Bertz CT molecular complexity index is 220. The first-order valence-corrected chi connectivity index (χ1v) is 3.80. The smallest absolute Gasteiger partial charge is 0.125 e. The molecule has 0 unspecified atom stereocenters. The molecule has 0 spiro atoms. The lowest BCUT2D eigenvalue weighted by atomic mass is 10.1. The Hall–Kier alpha value is -0.980. The first-order chi connectivity index (χ1) is 5.25. The van der Waals surface area contributed by atoms with Crippen molar-refractivity contribution in [1.82, 2.24) is 0 Å². The van der Waals surface area contributed by atoms with Crippen LogP contribution in [0.15, 0.2) is 18.2 Å². The molecule has 0 fully saturated rings. The molecule has 59 valence electrons. The molecule has 0 amide bonds. The minimum Gasteiger partial charge on any atom is -0.493 e. The van der Waals surface area contributed by atoms with E-state index < -0.39 is 0 Å². The molecule has 0 aliphatic heterocycles. The summed E-state index contributed by atoms with van der Waals surface area (Å²) in [5, 5.41) is 0. The Labute approximate surface area is 68.0 Å². The summed E-state index contributed by atoms with van der Waals surface area (Å²) in [5.41, 5.74) is 2.12. The minimum absolute atomic E-state index is 0.702. The molecule has 1 radical (unpaired) electrons. The van der Waals surface area contributed by atoms with Crippen molar-refractivity contribution in [2.24, 2.45) is 0 Å². The Morgan fingerprint density at radius 1 is 1.45 bits per heavy atom. The first kappa shape index (κ1) is 8.12. The van der Waals surface area contributed by atoms with Crippen LogP contribution in [0.5, 0.6) is 5.75 Å². The summed E-state index contributed by atoms with van der Waals surface area (Å²) in [4.78, 5) is 0. The van der Waals surface area contributed by atoms with Crippen LogP contribution < -0.4 is 4.74 Å². The zero-order valence-corrected chi connectivity index (χ0v) is 7.05. The third-order valence-electron chi connectivity index (χ3n) is 1.58. The monoisotopic (exact) mass is 149 g/mol. The highest BCUT2D eigenvalue weighted by molar-refractivity contribution is 5.42. The highest BCUT2D eigenvalue weighted by Crippen LogP contribution is 2.21. The summed E-state index contributed by atoms with van der Waals surface area (Å²) in [6.45, 7) is 8.58. The molecule has 0 aliphatic rings. The first-order valence-electron chi connectivity index (χ1n) is 3.80. The normalized spacial score (nSPS) is 9.73. The van der Waals surface area contributed by atoms with E-state index in [4.69, 9.17) is 4.74 Å². The summed E-state index contributed by atoms with van der Waals surface area (Å²) in [6, 6.07) is 5.97. The maximum absolute atomic E-state index is 5.40. The molecule has 0 saturated heterocycles. The van der Waals surface area contributed by atoms with Gasteiger partial charge in [-0.15, -0.1) is 0 Å². The number of para-hydroxylation sites is 1. The van der Waals surface area contributed by atoms with E-state index in [-0.39, 0.29) is 0 Å². The second kappa shape index (κ2) is 3.42. The predicted octanol–water partition coefficient (Wildman–Crippen LogP) is 2.58. The predicted molar refractivity (Wildman–Crippen MR) is 46.8 cm³/mol. The lowest BCUT2D eigenvalue weighted by molar-refractivity contribution is 0.336. The number of benzene rings is 1. The van der Waals surface area contributed by atoms with Gasteiger partial charge in [-0.2, -0.15) is 0 Å². The van der Waals surface area contributed by atoms with Gasteiger partial charge in [-0.05, 0) is 31.9 Å². The van der Waals surface area contributed by atoms with Gasteiger partial charge in [-0.3, -0.25) is 0 Å². The largest absolute Gasteiger partial charge is 0.493 e. The van der Waals surface area contributed by atoms with Crippen LogP contribution in [0.3, 0.4) is 0 Å². The Morgan fingerprint density at radius 2 is 2.18 bits per heavy atom. The summed E-state index contributed by atoms with van der Waals surface area (Å²) < 4.78 is 5.40. The summed E-state index contributed by atoms with van der Waals surface area (Å²) in [7, 11) is 0. The SMILES string of the molecule is [CH2]c1cccc(C)c1OCC. The molecule has 0 aromatic heterocycles. The second-order valence-electron chi connectivity index (χ2n) is 2.50. The van der Waals surface area contributed by atoms with Gasteiger partial charge in [0.05, 0.1) is 6.61 Å². The molecule has 0 N–H and O–H groups in total. The summed E-state index contributed by atoms with van der Waals surface area (Å²) >= 11 is 0. The summed E-state index contributed by atoms with van der Waals surface area (Å²) in [6.07, 6.45) is 0. The molecule has 0 bridgehead atoms. The third-order valence-corrected chi connectivity index (χ3v) is 1.58. The number of ether oxygens (including phenoxy) is 1. The molecule has 1 aromatic rings. The molecule has 0 saturated carbocycles. The van der Waals surface area contributed by atoms with E-state index in [1.165, 1.54) is 0 Å². The molecule has 1 rings (SSSR count). The van der Waals surface area contributed by atoms with E-state index in [1.807, 2.05) is 32.0 Å². The molecule has 0 aliphatic carbocycles. The molecule has 1 aromatic carbocycles. The van der Waals surface area contributed by atoms with Crippen LogP contribution in [0.2, 0.25) is 0 Å². The van der Waals surface area contributed by atoms with Crippen LogP contribution >= 0.6 is 0 Å². The zero-order valence-electron chi connectivity index (χ0n) is 7.05. The topological polar surface area (TPSA) is 9.23 Å². The maximum atomic E-state index is 5.40. The molecule has 1 nitrogen and oxygen atoms in total. The highest BCUT2D eigenvalue weighted by atomic mass is 16.5. The van der Waals surface area contributed by atoms with Gasteiger partial charge in [-0.1, -0.05) is 18.2 Å². The lowest BCUT2D eigenvalue weighted by Crippen LogP contribution is -1.95. The van der Waals surface area contributed by atoms with Crippen molar-refractivity contribution in [3.63, 3.8) is 0 Å². The zero-order chi connectivity index (χ0) is 8.27. The van der Waals surface area contributed by atoms with Crippen molar-refractivity contribution >= 4 is 0 Å². The van der Waals surface area contributed by atoms with Crippen LogP contribution in [0.1, 0.15) is 18.1 Å². The van der Waals surface area contributed by atoms with Gasteiger partial charge in [-0.25, -0.2) is 0 Å². The Balaban J connectivity index is 3.00. The van der Waals surface area contributed by atoms with Crippen molar-refractivity contribution in [2.45, 2.75) is 13.8 Å². The Morgan fingerprint density at radius 3 is 2.73 bits per heavy atom. The average molecular weight is 149 g/mol. The standard InChI is InChI=1S/C10H13O/c1-4-11-10-8(2)6-5-7-9(10)3/h5-7H,2,4H2,1,3H3. The Kier molecular flexibility index (Phi) is 2.53. The van der Waals surface area contributed by atoms with Crippen LogP contribution in [0.25, 0.3) is 0 Å². The fraction of sp³-hybridized carbons (Fsp3) is 0.300. The molecule has 11 heavy (non-hydrogen) atoms. The average Bonchev–Trinajstić information content (AvgIpc) is 1.97. The van der Waals surface area contributed by atoms with Crippen LogP contribution in [-0.4, -0.2) is 6.61 Å². The van der Waals surface area contributed by atoms with Crippen molar-refractivity contribution in [3.8, 4) is 5.75 Å². The van der Waals surface area contributed by atoms with Crippen LogP contribution in [0, 0.1) is 13.8 Å².